The molecule has 0 spiro atoms. The van der Waals surface area contributed by atoms with E-state index in [1.165, 1.54) is 7.11 Å². The van der Waals surface area contributed by atoms with E-state index in [4.69, 9.17) is 4.74 Å². The van der Waals surface area contributed by atoms with E-state index in [-0.39, 0.29) is 42.3 Å². The fourth-order valence-electron chi connectivity index (χ4n) is 3.24. The highest BCUT2D eigenvalue weighted by Gasteiger charge is 2.31. The number of ether oxygens (including phenoxy) is 1. The zero-order valence-electron chi connectivity index (χ0n) is 14.1. The van der Waals surface area contributed by atoms with Crippen molar-refractivity contribution in [2.75, 3.05) is 13.7 Å². The van der Waals surface area contributed by atoms with Crippen LogP contribution >= 0.6 is 0 Å². The van der Waals surface area contributed by atoms with Crippen LogP contribution in [0.25, 0.3) is 0 Å². The summed E-state index contributed by atoms with van der Waals surface area (Å²) >= 11 is 0. The number of esters is 1. The maximum Gasteiger partial charge on any atom is 0.309 e. The molecule has 1 fully saturated rings. The smallest absolute Gasteiger partial charge is 0.309 e. The predicted molar refractivity (Wildman–Crippen MR) is 90.5 cm³/mol. The molecule has 2 rings (SSSR count). The standard InChI is InChI=1S/C19H25NO4/c1-24-19(23)16-10-6-5-9-15(16)13-20-18(22)12-11-17(21)14-7-3-2-4-8-14/h2-4,7-8,15-16H,5-6,9-13H2,1H3,(H,20,22). The van der Waals surface area contributed by atoms with Crippen molar-refractivity contribution in [1.82, 2.24) is 5.32 Å². The van der Waals surface area contributed by atoms with Crippen molar-refractivity contribution in [2.45, 2.75) is 38.5 Å². The van der Waals surface area contributed by atoms with E-state index < -0.39 is 0 Å². The first-order chi connectivity index (χ1) is 11.6. The topological polar surface area (TPSA) is 72.5 Å². The summed E-state index contributed by atoms with van der Waals surface area (Å²) < 4.78 is 4.86. The van der Waals surface area contributed by atoms with Crippen LogP contribution < -0.4 is 5.32 Å². The normalized spacial score (nSPS) is 20.2. The van der Waals surface area contributed by atoms with Crippen LogP contribution in [0.4, 0.5) is 0 Å². The minimum atomic E-state index is -0.187. The summed E-state index contributed by atoms with van der Waals surface area (Å²) in [5, 5.41) is 2.87. The number of rotatable bonds is 7. The second-order valence-corrected chi connectivity index (χ2v) is 6.27. The molecule has 2 unspecified atom stereocenters. The highest BCUT2D eigenvalue weighted by atomic mass is 16.5. The van der Waals surface area contributed by atoms with Crippen molar-refractivity contribution in [2.24, 2.45) is 11.8 Å². The number of ketones is 1. The largest absolute Gasteiger partial charge is 0.469 e. The van der Waals surface area contributed by atoms with Gasteiger partial charge in [-0.15, -0.1) is 0 Å². The van der Waals surface area contributed by atoms with Crippen molar-refractivity contribution in [3.05, 3.63) is 35.9 Å². The highest BCUT2D eigenvalue weighted by Crippen LogP contribution is 2.30. The number of hydrogen-bond donors (Lipinski definition) is 1. The molecule has 5 nitrogen and oxygen atoms in total. The lowest BCUT2D eigenvalue weighted by molar-refractivity contribution is -0.148. The highest BCUT2D eigenvalue weighted by molar-refractivity contribution is 5.97. The quantitative estimate of drug-likeness (QED) is 0.616. The summed E-state index contributed by atoms with van der Waals surface area (Å²) in [6.45, 7) is 0.470. The van der Waals surface area contributed by atoms with E-state index in [1.54, 1.807) is 12.1 Å². The Kier molecular flexibility index (Phi) is 6.97. The Morgan fingerprint density at radius 3 is 2.50 bits per heavy atom. The maximum atomic E-state index is 12.0. The molecule has 130 valence electrons. The summed E-state index contributed by atoms with van der Waals surface area (Å²) in [5.41, 5.74) is 0.628. The maximum absolute atomic E-state index is 12.0. The lowest BCUT2D eigenvalue weighted by Gasteiger charge is -2.29. The van der Waals surface area contributed by atoms with Crippen LogP contribution in [0.2, 0.25) is 0 Å². The molecule has 1 saturated carbocycles. The Balaban J connectivity index is 1.76. The van der Waals surface area contributed by atoms with Crippen molar-refractivity contribution in [3.8, 4) is 0 Å². The third-order valence-corrected chi connectivity index (χ3v) is 4.65. The Labute approximate surface area is 142 Å². The molecule has 0 heterocycles. The van der Waals surface area contributed by atoms with E-state index in [9.17, 15) is 14.4 Å². The van der Waals surface area contributed by atoms with Gasteiger partial charge >= 0.3 is 5.97 Å². The average molecular weight is 331 g/mol. The van der Waals surface area contributed by atoms with Crippen LogP contribution in [0.1, 0.15) is 48.9 Å². The lowest BCUT2D eigenvalue weighted by atomic mass is 9.79. The molecule has 1 aliphatic rings. The summed E-state index contributed by atoms with van der Waals surface area (Å²) in [6.07, 6.45) is 4.20. The van der Waals surface area contributed by atoms with Gasteiger partial charge in [-0.25, -0.2) is 0 Å². The third kappa shape index (κ3) is 5.18. The molecule has 0 aliphatic heterocycles. The molecule has 0 radical (unpaired) electrons. The summed E-state index contributed by atoms with van der Waals surface area (Å²) in [4.78, 5) is 35.8. The number of benzene rings is 1. The lowest BCUT2D eigenvalue weighted by Crippen LogP contribution is -2.37. The van der Waals surface area contributed by atoms with Gasteiger partial charge in [0, 0.05) is 24.9 Å². The molecule has 1 aromatic carbocycles. The first-order valence-corrected chi connectivity index (χ1v) is 8.54. The van der Waals surface area contributed by atoms with E-state index in [0.29, 0.717) is 12.1 Å². The van der Waals surface area contributed by atoms with Gasteiger partial charge in [0.2, 0.25) is 5.91 Å². The number of hydrogen-bond acceptors (Lipinski definition) is 4. The minimum Gasteiger partial charge on any atom is -0.469 e. The first kappa shape index (κ1) is 18.2. The fourth-order valence-corrected chi connectivity index (χ4v) is 3.24. The van der Waals surface area contributed by atoms with Gasteiger partial charge in [0.25, 0.3) is 0 Å². The second-order valence-electron chi connectivity index (χ2n) is 6.27. The Bertz CT molecular complexity index is 570. The zero-order chi connectivity index (χ0) is 17.4. The average Bonchev–Trinajstić information content (AvgIpc) is 2.64. The molecule has 0 bridgehead atoms. The van der Waals surface area contributed by atoms with Crippen LogP contribution in [0.15, 0.2) is 30.3 Å². The Morgan fingerprint density at radius 2 is 1.79 bits per heavy atom. The summed E-state index contributed by atoms with van der Waals surface area (Å²) in [7, 11) is 1.40. The number of carbonyl (C=O) groups is 3. The Morgan fingerprint density at radius 1 is 1.08 bits per heavy atom. The molecule has 24 heavy (non-hydrogen) atoms. The van der Waals surface area contributed by atoms with Crippen molar-refractivity contribution in [3.63, 3.8) is 0 Å². The third-order valence-electron chi connectivity index (χ3n) is 4.65. The van der Waals surface area contributed by atoms with E-state index >= 15 is 0 Å². The van der Waals surface area contributed by atoms with Crippen molar-refractivity contribution in [1.29, 1.82) is 0 Å². The van der Waals surface area contributed by atoms with Crippen LogP contribution in [-0.2, 0) is 14.3 Å². The Hall–Kier alpha value is -2.17. The number of carbonyl (C=O) groups excluding carboxylic acids is 3. The molecule has 0 saturated heterocycles. The van der Waals surface area contributed by atoms with Crippen LogP contribution in [0.3, 0.4) is 0 Å². The number of Topliss-reactive ketones (excluding diaryl/α,β-unsaturated/α-hetero) is 1. The van der Waals surface area contributed by atoms with Crippen LogP contribution in [0, 0.1) is 11.8 Å². The van der Waals surface area contributed by atoms with Gasteiger partial charge in [0.05, 0.1) is 13.0 Å². The number of nitrogens with one attached hydrogen (secondary N) is 1. The van der Waals surface area contributed by atoms with Gasteiger partial charge < -0.3 is 10.1 Å². The van der Waals surface area contributed by atoms with Gasteiger partial charge in [-0.2, -0.15) is 0 Å². The minimum absolute atomic E-state index is 0.0316. The molecule has 1 aromatic rings. The molecular weight excluding hydrogens is 306 g/mol. The molecule has 0 aromatic heterocycles. The number of amides is 1. The van der Waals surface area contributed by atoms with Gasteiger partial charge in [0.15, 0.2) is 5.78 Å². The van der Waals surface area contributed by atoms with Crippen molar-refractivity contribution < 1.29 is 19.1 Å². The molecule has 2 atom stereocenters. The monoisotopic (exact) mass is 331 g/mol. The van der Waals surface area contributed by atoms with Gasteiger partial charge in [-0.05, 0) is 18.8 Å². The molecule has 1 amide bonds. The van der Waals surface area contributed by atoms with E-state index in [0.717, 1.165) is 25.7 Å². The summed E-state index contributed by atoms with van der Waals surface area (Å²) in [5.74, 6) is -0.368. The molecule has 1 N–H and O–H groups in total. The summed E-state index contributed by atoms with van der Waals surface area (Å²) in [6, 6.07) is 8.98. The second kappa shape index (κ2) is 9.21. The van der Waals surface area contributed by atoms with E-state index in [2.05, 4.69) is 5.32 Å². The van der Waals surface area contributed by atoms with Crippen LogP contribution in [0.5, 0.6) is 0 Å². The van der Waals surface area contributed by atoms with Gasteiger partial charge in [-0.3, -0.25) is 14.4 Å². The van der Waals surface area contributed by atoms with Crippen molar-refractivity contribution >= 4 is 17.7 Å². The van der Waals surface area contributed by atoms with Crippen LogP contribution in [-0.4, -0.2) is 31.3 Å². The predicted octanol–water partition coefficient (Wildman–Crippen LogP) is 2.75. The fraction of sp³-hybridized carbons (Fsp3) is 0.526. The van der Waals surface area contributed by atoms with Gasteiger partial charge in [-0.1, -0.05) is 43.2 Å². The molecule has 1 aliphatic carbocycles. The van der Waals surface area contributed by atoms with Gasteiger partial charge in [0.1, 0.15) is 0 Å². The molecular formula is C19H25NO4. The first-order valence-electron chi connectivity index (χ1n) is 8.54. The SMILES string of the molecule is COC(=O)C1CCCCC1CNC(=O)CCC(=O)c1ccccc1. The zero-order valence-corrected chi connectivity index (χ0v) is 14.1. The number of methoxy groups -OCH3 is 1. The molecule has 5 heteroatoms. The van der Waals surface area contributed by atoms with E-state index in [1.807, 2.05) is 18.2 Å².